The van der Waals surface area contributed by atoms with E-state index in [4.69, 9.17) is 14.2 Å². The molecule has 7 heteroatoms. The summed E-state index contributed by atoms with van der Waals surface area (Å²) in [6.07, 6.45) is 0.634. The summed E-state index contributed by atoms with van der Waals surface area (Å²) < 4.78 is 16.1. The maximum absolute atomic E-state index is 11.6. The lowest BCUT2D eigenvalue weighted by Gasteiger charge is -2.09. The highest BCUT2D eigenvalue weighted by Gasteiger charge is 2.11. The molecule has 0 atom stereocenters. The average molecular weight is 305 g/mol. The van der Waals surface area contributed by atoms with Crippen LogP contribution in [-0.4, -0.2) is 28.8 Å². The number of nitrogens with zero attached hydrogens (tertiary/aromatic N) is 1. The van der Waals surface area contributed by atoms with Gasteiger partial charge in [-0.1, -0.05) is 0 Å². The number of ether oxygens (including phenoxy) is 3. The Morgan fingerprint density at radius 1 is 1.27 bits per heavy atom. The molecule has 0 fully saturated rings. The first-order valence-electron chi connectivity index (χ1n) is 6.40. The molecule has 0 unspecified atom stereocenters. The number of benzene rings is 1. The smallest absolute Gasteiger partial charge is 0.504 e. The van der Waals surface area contributed by atoms with Crippen LogP contribution < -0.4 is 9.47 Å². The number of phenolic OH excluding ortho intramolecular Hbond substituents is 1. The van der Waals surface area contributed by atoms with Gasteiger partial charge in [-0.05, 0) is 24.3 Å². The van der Waals surface area contributed by atoms with Crippen LogP contribution in [0.5, 0.6) is 17.2 Å². The molecule has 0 bridgehead atoms. The van der Waals surface area contributed by atoms with Gasteiger partial charge in [0, 0.05) is 19.2 Å². The van der Waals surface area contributed by atoms with Crippen LogP contribution in [0.4, 0.5) is 4.79 Å². The van der Waals surface area contributed by atoms with Gasteiger partial charge in [-0.3, -0.25) is 9.36 Å². The lowest BCUT2D eigenvalue weighted by atomic mass is 10.3. The number of hydrogen-bond donors (Lipinski definition) is 1. The Morgan fingerprint density at radius 2 is 2.05 bits per heavy atom. The minimum atomic E-state index is -0.944. The quantitative estimate of drug-likeness (QED) is 0.690. The first-order valence-corrected chi connectivity index (χ1v) is 6.40. The van der Waals surface area contributed by atoms with Crippen LogP contribution in [0.25, 0.3) is 0 Å². The maximum atomic E-state index is 11.6. The zero-order chi connectivity index (χ0) is 16.1. The van der Waals surface area contributed by atoms with E-state index in [9.17, 15) is 14.7 Å². The van der Waals surface area contributed by atoms with Gasteiger partial charge in [-0.25, -0.2) is 4.79 Å². The zero-order valence-electron chi connectivity index (χ0n) is 12.1. The van der Waals surface area contributed by atoms with Crippen LogP contribution in [0.15, 0.2) is 36.5 Å². The van der Waals surface area contributed by atoms with Crippen molar-refractivity contribution in [2.75, 3.05) is 7.11 Å². The van der Waals surface area contributed by atoms with Crippen molar-refractivity contribution in [1.82, 2.24) is 4.57 Å². The molecule has 0 radical (unpaired) electrons. The van der Waals surface area contributed by atoms with Crippen molar-refractivity contribution in [2.45, 2.75) is 13.5 Å². The van der Waals surface area contributed by atoms with Crippen molar-refractivity contribution in [2.24, 2.45) is 0 Å². The molecular weight excluding hydrogens is 290 g/mol. The summed E-state index contributed by atoms with van der Waals surface area (Å²) in [7, 11) is 1.41. The molecule has 0 aliphatic rings. The average Bonchev–Trinajstić information content (AvgIpc) is 2.94. The summed E-state index contributed by atoms with van der Waals surface area (Å²) in [6, 6.07) is 7.48. The third kappa shape index (κ3) is 3.57. The minimum Gasteiger partial charge on any atom is -0.504 e. The van der Waals surface area contributed by atoms with Gasteiger partial charge in [-0.2, -0.15) is 0 Å². The second-order valence-corrected chi connectivity index (χ2v) is 4.36. The van der Waals surface area contributed by atoms with Crippen LogP contribution in [0, 0.1) is 0 Å². The monoisotopic (exact) mass is 305 g/mol. The molecule has 1 heterocycles. The Bertz CT molecular complexity index is 691. The Kier molecular flexibility index (Phi) is 4.67. The molecule has 0 amide bonds. The summed E-state index contributed by atoms with van der Waals surface area (Å²) >= 11 is 0. The Labute approximate surface area is 126 Å². The van der Waals surface area contributed by atoms with Crippen LogP contribution in [0.1, 0.15) is 17.4 Å². The summed E-state index contributed by atoms with van der Waals surface area (Å²) in [5, 5.41) is 9.58. The van der Waals surface area contributed by atoms with E-state index in [1.807, 2.05) is 0 Å². The molecule has 0 aliphatic carbocycles. The van der Waals surface area contributed by atoms with Crippen molar-refractivity contribution in [1.29, 1.82) is 0 Å². The Balaban J connectivity index is 1.94. The van der Waals surface area contributed by atoms with Crippen LogP contribution >= 0.6 is 0 Å². The van der Waals surface area contributed by atoms with Crippen molar-refractivity contribution >= 4 is 12.1 Å². The fourth-order valence-electron chi connectivity index (χ4n) is 1.83. The minimum absolute atomic E-state index is 0.104. The van der Waals surface area contributed by atoms with Gasteiger partial charge >= 0.3 is 6.16 Å². The van der Waals surface area contributed by atoms with Crippen molar-refractivity contribution in [3.05, 3.63) is 42.2 Å². The fraction of sp³-hybridized carbons (Fsp3) is 0.200. The number of hydrogen-bond acceptors (Lipinski definition) is 6. The lowest BCUT2D eigenvalue weighted by molar-refractivity contribution is 0.0845. The van der Waals surface area contributed by atoms with Crippen LogP contribution in [0.3, 0.4) is 0 Å². The number of carbonyl (C=O) groups is 2. The predicted octanol–water partition coefficient (Wildman–Crippen LogP) is 2.58. The topological polar surface area (TPSA) is 87.0 Å². The van der Waals surface area contributed by atoms with E-state index in [2.05, 4.69) is 0 Å². The number of aromatic nitrogens is 1. The summed E-state index contributed by atoms with van der Waals surface area (Å²) in [5.74, 6) is 0.0422. The largest absolute Gasteiger partial charge is 0.514 e. The van der Waals surface area contributed by atoms with Crippen molar-refractivity contribution in [3.8, 4) is 17.2 Å². The number of phenols is 1. The molecule has 22 heavy (non-hydrogen) atoms. The standard InChI is InChI=1S/C15H15NO6/c1-10(17)16-7-3-4-11(16)9-21-15(19)22-12-5-6-14(20-2)13(18)8-12/h3-8,18H,9H2,1-2H3. The number of methoxy groups -OCH3 is 1. The number of rotatable bonds is 4. The van der Waals surface area contributed by atoms with E-state index in [1.54, 1.807) is 18.3 Å². The van der Waals surface area contributed by atoms with Gasteiger partial charge in [0.25, 0.3) is 0 Å². The third-order valence-electron chi connectivity index (χ3n) is 2.86. The number of carbonyl (C=O) groups excluding carboxylic acids is 2. The second-order valence-electron chi connectivity index (χ2n) is 4.36. The molecule has 2 aromatic rings. The highest BCUT2D eigenvalue weighted by Crippen LogP contribution is 2.29. The maximum Gasteiger partial charge on any atom is 0.514 e. The molecule has 0 saturated heterocycles. The van der Waals surface area contributed by atoms with Crippen molar-refractivity contribution < 1.29 is 28.9 Å². The Morgan fingerprint density at radius 3 is 2.68 bits per heavy atom. The Hall–Kier alpha value is -2.96. The van der Waals surface area contributed by atoms with Gasteiger partial charge in [0.15, 0.2) is 11.5 Å². The van der Waals surface area contributed by atoms with E-state index in [1.165, 1.54) is 36.8 Å². The third-order valence-corrected chi connectivity index (χ3v) is 2.86. The van der Waals surface area contributed by atoms with E-state index >= 15 is 0 Å². The van der Waals surface area contributed by atoms with Crippen LogP contribution in [-0.2, 0) is 11.3 Å². The first-order chi connectivity index (χ1) is 10.5. The highest BCUT2D eigenvalue weighted by atomic mass is 16.7. The molecule has 1 N–H and O–H groups in total. The van der Waals surface area contributed by atoms with Gasteiger partial charge in [0.1, 0.15) is 12.4 Å². The second kappa shape index (κ2) is 6.66. The van der Waals surface area contributed by atoms with Crippen LogP contribution in [0.2, 0.25) is 0 Å². The highest BCUT2D eigenvalue weighted by molar-refractivity contribution is 5.77. The molecule has 1 aromatic heterocycles. The van der Waals surface area contributed by atoms with E-state index in [-0.39, 0.29) is 29.8 Å². The predicted molar refractivity (Wildman–Crippen MR) is 76.2 cm³/mol. The van der Waals surface area contributed by atoms with E-state index < -0.39 is 6.16 Å². The normalized spacial score (nSPS) is 10.1. The zero-order valence-corrected chi connectivity index (χ0v) is 12.1. The summed E-state index contributed by atoms with van der Waals surface area (Å²) in [5.41, 5.74) is 0.530. The molecule has 7 nitrogen and oxygen atoms in total. The van der Waals surface area contributed by atoms with E-state index in [0.717, 1.165) is 0 Å². The van der Waals surface area contributed by atoms with Crippen molar-refractivity contribution in [3.63, 3.8) is 0 Å². The van der Waals surface area contributed by atoms with Gasteiger partial charge < -0.3 is 19.3 Å². The molecule has 116 valence electrons. The molecule has 0 spiro atoms. The fourth-order valence-corrected chi connectivity index (χ4v) is 1.83. The molecule has 0 aliphatic heterocycles. The lowest BCUT2D eigenvalue weighted by Crippen LogP contribution is -2.14. The SMILES string of the molecule is COc1ccc(OC(=O)OCc2cccn2C(C)=O)cc1O. The molecular formula is C15H15NO6. The molecule has 1 aromatic carbocycles. The van der Waals surface area contributed by atoms with Gasteiger partial charge in [0.2, 0.25) is 5.91 Å². The van der Waals surface area contributed by atoms with Gasteiger partial charge in [-0.15, -0.1) is 0 Å². The number of aromatic hydroxyl groups is 1. The molecule has 2 rings (SSSR count). The van der Waals surface area contributed by atoms with Gasteiger partial charge in [0.05, 0.1) is 12.8 Å². The summed E-state index contributed by atoms with van der Waals surface area (Å²) in [6.45, 7) is 1.30. The first kappa shape index (κ1) is 15.4. The summed E-state index contributed by atoms with van der Waals surface area (Å²) in [4.78, 5) is 22.9. The van der Waals surface area contributed by atoms with E-state index in [0.29, 0.717) is 5.69 Å². The molecule has 0 saturated carbocycles.